The number of aryl methyl sites for hydroxylation is 2. The summed E-state index contributed by atoms with van der Waals surface area (Å²) in [6.07, 6.45) is 0.485. The maximum Gasteiger partial charge on any atom is 0.257 e. The predicted octanol–water partition coefficient (Wildman–Crippen LogP) is 5.25. The van der Waals surface area contributed by atoms with Gasteiger partial charge in [0.1, 0.15) is 5.82 Å². The van der Waals surface area contributed by atoms with Gasteiger partial charge in [-0.25, -0.2) is 9.40 Å². The molecule has 5 heteroatoms. The van der Waals surface area contributed by atoms with E-state index in [2.05, 4.69) is 17.2 Å². The van der Waals surface area contributed by atoms with E-state index >= 15 is 0 Å². The van der Waals surface area contributed by atoms with Crippen LogP contribution in [0, 0.1) is 19.7 Å². The first-order valence-electron chi connectivity index (χ1n) is 10.9. The normalized spacial score (nSPS) is 15.8. The van der Waals surface area contributed by atoms with E-state index in [0.717, 1.165) is 16.7 Å². The van der Waals surface area contributed by atoms with E-state index < -0.39 is 0 Å². The Morgan fingerprint density at radius 1 is 1.06 bits per heavy atom. The van der Waals surface area contributed by atoms with Gasteiger partial charge in [-0.3, -0.25) is 9.69 Å². The Bertz CT molecular complexity index is 1140. The number of carbonyl (C=O) groups excluding carboxylic acids is 1. The topological polar surface area (TPSA) is 35.9 Å². The number of halogens is 1. The van der Waals surface area contributed by atoms with Crippen LogP contribution in [-0.2, 0) is 11.3 Å². The van der Waals surface area contributed by atoms with Crippen LogP contribution in [0.2, 0.25) is 0 Å². The van der Waals surface area contributed by atoms with Crippen molar-refractivity contribution in [3.05, 3.63) is 106 Å². The number of likely N-dealkylation sites (N-methyl/N-ethyl adjacent to an activating group) is 1. The lowest BCUT2D eigenvalue weighted by Gasteiger charge is -2.26. The number of nitrogens with zero attached hydrogens (tertiary/aromatic N) is 3. The van der Waals surface area contributed by atoms with Gasteiger partial charge in [0.2, 0.25) is 0 Å². The maximum absolute atomic E-state index is 14.5. The lowest BCUT2D eigenvalue weighted by molar-refractivity contribution is -0.134. The number of amides is 1. The van der Waals surface area contributed by atoms with E-state index in [1.165, 1.54) is 11.6 Å². The summed E-state index contributed by atoms with van der Waals surface area (Å²) in [4.78, 5) is 15.3. The van der Waals surface area contributed by atoms with E-state index in [0.29, 0.717) is 24.2 Å². The fraction of sp³-hybridized carbons (Fsp3) is 0.259. The minimum atomic E-state index is -0.318. The second kappa shape index (κ2) is 9.45. The zero-order valence-corrected chi connectivity index (χ0v) is 18.8. The minimum absolute atomic E-state index is 0.0975. The van der Waals surface area contributed by atoms with Crippen molar-refractivity contribution < 1.29 is 9.18 Å². The number of rotatable bonds is 6. The monoisotopic (exact) mass is 429 g/mol. The van der Waals surface area contributed by atoms with Crippen LogP contribution in [0.5, 0.6) is 0 Å². The smallest absolute Gasteiger partial charge is 0.257 e. The molecular weight excluding hydrogens is 401 g/mol. The zero-order valence-electron chi connectivity index (χ0n) is 18.8. The molecule has 0 saturated heterocycles. The quantitative estimate of drug-likeness (QED) is 0.536. The molecule has 1 atom stereocenters. The van der Waals surface area contributed by atoms with E-state index in [1.54, 1.807) is 23.2 Å². The summed E-state index contributed by atoms with van der Waals surface area (Å²) >= 11 is 0. The van der Waals surface area contributed by atoms with E-state index in [-0.39, 0.29) is 24.3 Å². The van der Waals surface area contributed by atoms with Gasteiger partial charge in [-0.05, 0) is 43.7 Å². The summed E-state index contributed by atoms with van der Waals surface area (Å²) < 4.78 is 14.5. The Morgan fingerprint density at radius 3 is 2.50 bits per heavy atom. The van der Waals surface area contributed by atoms with Crippen LogP contribution in [0.15, 0.2) is 77.9 Å². The second-order valence-corrected chi connectivity index (χ2v) is 8.50. The summed E-state index contributed by atoms with van der Waals surface area (Å²) in [5.74, 6) is -0.416. The molecule has 1 heterocycles. The van der Waals surface area contributed by atoms with Gasteiger partial charge >= 0.3 is 0 Å². The van der Waals surface area contributed by atoms with Crippen molar-refractivity contribution in [3.8, 4) is 0 Å². The number of hydrogen-bond donors (Lipinski definition) is 0. The average molecular weight is 430 g/mol. The van der Waals surface area contributed by atoms with Crippen molar-refractivity contribution >= 4 is 11.6 Å². The predicted molar refractivity (Wildman–Crippen MR) is 126 cm³/mol. The first kappa shape index (κ1) is 21.9. The Hall–Kier alpha value is -3.31. The van der Waals surface area contributed by atoms with Gasteiger partial charge < -0.3 is 0 Å². The molecule has 0 N–H and O–H groups in total. The summed E-state index contributed by atoms with van der Waals surface area (Å²) in [6.45, 7) is 4.99. The Balaban J connectivity index is 1.61. The maximum atomic E-state index is 14.5. The molecule has 0 unspecified atom stereocenters. The van der Waals surface area contributed by atoms with Gasteiger partial charge in [-0.2, -0.15) is 5.10 Å². The summed E-state index contributed by atoms with van der Waals surface area (Å²) in [5, 5.41) is 6.19. The molecule has 1 aliphatic rings. The first-order valence-corrected chi connectivity index (χ1v) is 10.9. The Labute approximate surface area is 189 Å². The number of hydrogen-bond acceptors (Lipinski definition) is 3. The van der Waals surface area contributed by atoms with E-state index in [1.807, 2.05) is 62.2 Å². The van der Waals surface area contributed by atoms with Gasteiger partial charge in [0, 0.05) is 18.5 Å². The van der Waals surface area contributed by atoms with Crippen LogP contribution in [0.4, 0.5) is 4.39 Å². The van der Waals surface area contributed by atoms with Gasteiger partial charge in [0.05, 0.1) is 18.3 Å². The van der Waals surface area contributed by atoms with Gasteiger partial charge in [-0.1, -0.05) is 72.3 Å². The summed E-state index contributed by atoms with van der Waals surface area (Å²) in [6, 6.07) is 22.6. The summed E-state index contributed by atoms with van der Waals surface area (Å²) in [7, 11) is 1.93. The molecule has 1 amide bonds. The van der Waals surface area contributed by atoms with Crippen molar-refractivity contribution in [2.45, 2.75) is 32.9 Å². The molecule has 0 saturated carbocycles. The lowest BCUT2D eigenvalue weighted by atomic mass is 9.94. The van der Waals surface area contributed by atoms with Crippen LogP contribution in [0.25, 0.3) is 0 Å². The van der Waals surface area contributed by atoms with Gasteiger partial charge in [0.15, 0.2) is 0 Å². The number of carbonyl (C=O) groups is 1. The van der Waals surface area contributed by atoms with Gasteiger partial charge in [-0.15, -0.1) is 0 Å². The highest BCUT2D eigenvalue weighted by Crippen LogP contribution is 2.35. The van der Waals surface area contributed by atoms with Crippen LogP contribution >= 0.6 is 0 Å². The molecular formula is C27H28FN3O. The van der Waals surface area contributed by atoms with Crippen molar-refractivity contribution in [1.82, 2.24) is 9.91 Å². The molecule has 164 valence electrons. The van der Waals surface area contributed by atoms with Crippen LogP contribution < -0.4 is 0 Å². The largest absolute Gasteiger partial charge is 0.293 e. The van der Waals surface area contributed by atoms with Crippen molar-refractivity contribution in [1.29, 1.82) is 0 Å². The van der Waals surface area contributed by atoms with Crippen molar-refractivity contribution in [3.63, 3.8) is 0 Å². The zero-order chi connectivity index (χ0) is 22.7. The first-order chi connectivity index (χ1) is 15.4. The molecule has 0 radical (unpaired) electrons. The second-order valence-electron chi connectivity index (χ2n) is 8.50. The Kier molecular flexibility index (Phi) is 6.47. The third kappa shape index (κ3) is 4.78. The molecule has 0 fully saturated rings. The minimum Gasteiger partial charge on any atom is -0.293 e. The molecule has 3 aromatic rings. The summed E-state index contributed by atoms with van der Waals surface area (Å²) in [5.41, 5.74) is 5.52. The van der Waals surface area contributed by atoms with Crippen LogP contribution in [0.3, 0.4) is 0 Å². The molecule has 0 spiro atoms. The molecule has 1 aliphatic heterocycles. The fourth-order valence-corrected chi connectivity index (χ4v) is 4.29. The molecule has 0 bridgehead atoms. The van der Waals surface area contributed by atoms with E-state index in [9.17, 15) is 9.18 Å². The molecule has 0 aromatic heterocycles. The highest BCUT2D eigenvalue weighted by atomic mass is 19.1. The van der Waals surface area contributed by atoms with E-state index in [4.69, 9.17) is 0 Å². The van der Waals surface area contributed by atoms with Crippen molar-refractivity contribution in [2.24, 2.45) is 5.10 Å². The highest BCUT2D eigenvalue weighted by molar-refractivity contribution is 6.03. The fourth-order valence-electron chi connectivity index (χ4n) is 4.29. The molecule has 4 nitrogen and oxygen atoms in total. The number of hydrazone groups is 1. The Morgan fingerprint density at radius 2 is 1.78 bits per heavy atom. The van der Waals surface area contributed by atoms with Crippen LogP contribution in [0.1, 0.15) is 40.3 Å². The lowest BCUT2D eigenvalue weighted by Crippen LogP contribution is -2.36. The molecule has 0 aliphatic carbocycles. The standard InChI is InChI=1S/C27H28FN3O/c1-19-13-14-22(20(2)15-19)26-16-25(23-11-7-8-12-24(23)28)29-31(26)27(32)18-30(3)17-21-9-5-4-6-10-21/h4-15,26H,16-18H2,1-3H3/t26-/m0/s1. The highest BCUT2D eigenvalue weighted by Gasteiger charge is 2.34. The van der Waals surface area contributed by atoms with Gasteiger partial charge in [0.25, 0.3) is 5.91 Å². The van der Waals surface area contributed by atoms with Crippen molar-refractivity contribution in [2.75, 3.05) is 13.6 Å². The average Bonchev–Trinajstić information content (AvgIpc) is 3.19. The SMILES string of the molecule is Cc1ccc([C@@H]2CC(c3ccccc3F)=NN2C(=O)CN(C)Cc2ccccc2)c(C)c1. The van der Waals surface area contributed by atoms with Crippen LogP contribution in [-0.4, -0.2) is 35.1 Å². The number of benzene rings is 3. The molecule has 32 heavy (non-hydrogen) atoms. The molecule has 4 rings (SSSR count). The third-order valence-electron chi connectivity index (χ3n) is 5.84. The molecule has 3 aromatic carbocycles. The third-order valence-corrected chi connectivity index (χ3v) is 5.84.